The predicted molar refractivity (Wildman–Crippen MR) is 115 cm³/mol. The van der Waals surface area contributed by atoms with Crippen LogP contribution < -0.4 is 10.1 Å². The van der Waals surface area contributed by atoms with Gasteiger partial charge in [-0.05, 0) is 57.9 Å². The van der Waals surface area contributed by atoms with Crippen molar-refractivity contribution in [2.45, 2.75) is 63.6 Å². The van der Waals surface area contributed by atoms with Crippen LogP contribution in [0.1, 0.15) is 45.3 Å². The topological polar surface area (TPSA) is 105 Å². The largest absolute Gasteiger partial charge is 0.509 e. The van der Waals surface area contributed by atoms with E-state index in [-0.39, 0.29) is 18.8 Å². The zero-order valence-electron chi connectivity index (χ0n) is 18.6. The number of alkyl carbamates (subject to hydrolysis) is 1. The number of hydrogen-bond acceptors (Lipinski definition) is 8. The van der Waals surface area contributed by atoms with E-state index in [1.54, 1.807) is 13.3 Å². The summed E-state index contributed by atoms with van der Waals surface area (Å²) in [6, 6.07) is 7.19. The molecule has 1 amide bonds. The van der Waals surface area contributed by atoms with Gasteiger partial charge in [0, 0.05) is 17.1 Å². The lowest BCUT2D eigenvalue weighted by Crippen LogP contribution is -2.47. The molecule has 0 radical (unpaired) electrons. The number of ether oxygens (including phenoxy) is 5. The van der Waals surface area contributed by atoms with Gasteiger partial charge in [0.05, 0.1) is 31.4 Å². The van der Waals surface area contributed by atoms with Crippen molar-refractivity contribution < 1.29 is 33.3 Å². The van der Waals surface area contributed by atoms with Crippen molar-refractivity contribution in [3.63, 3.8) is 0 Å². The number of methoxy groups -OCH3 is 1. The smallest absolute Gasteiger partial charge is 0.497 e. The molecule has 2 aromatic rings. The molecule has 3 heterocycles. The van der Waals surface area contributed by atoms with Gasteiger partial charge in [-0.15, -0.1) is 0 Å². The van der Waals surface area contributed by atoms with E-state index in [1.165, 1.54) is 0 Å². The maximum Gasteiger partial charge on any atom is 0.509 e. The molecule has 0 spiro atoms. The molecule has 9 nitrogen and oxygen atoms in total. The maximum atomic E-state index is 12.1. The third-order valence-electron chi connectivity index (χ3n) is 5.44. The molecule has 1 N–H and O–H groups in total. The summed E-state index contributed by atoms with van der Waals surface area (Å²) in [7, 11) is 1.59. The van der Waals surface area contributed by atoms with Gasteiger partial charge < -0.3 is 29.0 Å². The normalized spacial score (nSPS) is 25.7. The molecule has 0 aliphatic carbocycles. The number of fused-ring (bicyclic) bond motifs is 1. The Bertz CT molecular complexity index is 995. The van der Waals surface area contributed by atoms with Crippen LogP contribution in [0.25, 0.3) is 10.9 Å². The quantitative estimate of drug-likeness (QED) is 0.708. The second-order valence-electron chi connectivity index (χ2n) is 8.95. The second-order valence-corrected chi connectivity index (χ2v) is 8.95. The molecule has 2 aliphatic rings. The van der Waals surface area contributed by atoms with Gasteiger partial charge in [-0.1, -0.05) is 0 Å². The number of benzene rings is 1. The van der Waals surface area contributed by atoms with E-state index in [4.69, 9.17) is 23.7 Å². The molecule has 1 aromatic heterocycles. The number of hydrogen-bond donors (Lipinski definition) is 1. The molecule has 172 valence electrons. The zero-order chi connectivity index (χ0) is 22.9. The Balaban J connectivity index is 1.47. The number of pyridine rings is 1. The Hall–Kier alpha value is -3.07. The van der Waals surface area contributed by atoms with Crippen molar-refractivity contribution in [1.29, 1.82) is 0 Å². The van der Waals surface area contributed by atoms with Gasteiger partial charge in [-0.25, -0.2) is 9.59 Å². The number of carbonyl (C=O) groups excluding carboxylic acids is 2. The van der Waals surface area contributed by atoms with Gasteiger partial charge in [0.15, 0.2) is 12.2 Å². The number of nitrogens with one attached hydrogen (secondary N) is 1. The van der Waals surface area contributed by atoms with E-state index in [0.29, 0.717) is 18.6 Å². The third kappa shape index (κ3) is 4.88. The highest BCUT2D eigenvalue weighted by Crippen LogP contribution is 2.39. The van der Waals surface area contributed by atoms with Gasteiger partial charge >= 0.3 is 12.2 Å². The Kier molecular flexibility index (Phi) is 6.10. The number of cyclic esters (lactones) is 2. The van der Waals surface area contributed by atoms with Crippen molar-refractivity contribution in [2.75, 3.05) is 13.7 Å². The van der Waals surface area contributed by atoms with Gasteiger partial charge in [-0.2, -0.15) is 0 Å². The zero-order valence-corrected chi connectivity index (χ0v) is 18.6. The summed E-state index contributed by atoms with van der Waals surface area (Å²) in [5, 5.41) is 3.65. The molecule has 9 heteroatoms. The second kappa shape index (κ2) is 8.82. The molecule has 2 aliphatic heterocycles. The monoisotopic (exact) mass is 444 g/mol. The molecular formula is C23H28N2O7. The van der Waals surface area contributed by atoms with Gasteiger partial charge in [0.25, 0.3) is 0 Å². The first-order valence-corrected chi connectivity index (χ1v) is 10.6. The van der Waals surface area contributed by atoms with Crippen molar-refractivity contribution in [3.8, 4) is 5.75 Å². The standard InChI is InChI=1S/C23H28N2O7/c1-23(2,3)32-21(26)25-13-5-8-18(29-12-13)20-19(30-22(27)31-20)15-9-10-24-17-7-6-14(28-4)11-16(15)17/h6-7,9-11,13,18-20H,5,8,12H2,1-4H3,(H,25,26)/t13?,18?,19-,20-/m1/s1. The minimum Gasteiger partial charge on any atom is -0.497 e. The summed E-state index contributed by atoms with van der Waals surface area (Å²) >= 11 is 0. The van der Waals surface area contributed by atoms with E-state index in [9.17, 15) is 9.59 Å². The molecule has 2 fully saturated rings. The Morgan fingerprint density at radius 2 is 2.00 bits per heavy atom. The van der Waals surface area contributed by atoms with E-state index in [0.717, 1.165) is 16.5 Å². The van der Waals surface area contributed by atoms with E-state index in [1.807, 2.05) is 45.0 Å². The Morgan fingerprint density at radius 3 is 2.69 bits per heavy atom. The van der Waals surface area contributed by atoms with E-state index >= 15 is 0 Å². The molecule has 1 aromatic carbocycles. The van der Waals surface area contributed by atoms with Crippen LogP contribution in [0.15, 0.2) is 30.5 Å². The SMILES string of the molecule is COc1ccc2nccc([C@H]3OC(=O)O[C@@H]3C3CCC(NC(=O)OC(C)(C)C)CO3)c2c1. The van der Waals surface area contributed by atoms with Crippen molar-refractivity contribution in [1.82, 2.24) is 10.3 Å². The molecule has 2 saturated heterocycles. The van der Waals surface area contributed by atoms with Gasteiger partial charge in [0.1, 0.15) is 11.4 Å². The number of amides is 1. The molecule has 4 rings (SSSR count). The summed E-state index contributed by atoms with van der Waals surface area (Å²) in [5.41, 5.74) is 0.972. The van der Waals surface area contributed by atoms with Crippen LogP contribution in [-0.2, 0) is 18.9 Å². The van der Waals surface area contributed by atoms with Crippen LogP contribution in [-0.4, -0.2) is 54.8 Å². The predicted octanol–water partition coefficient (Wildman–Crippen LogP) is 3.89. The highest BCUT2D eigenvalue weighted by Gasteiger charge is 2.45. The highest BCUT2D eigenvalue weighted by molar-refractivity contribution is 5.84. The fourth-order valence-corrected chi connectivity index (χ4v) is 4.02. The lowest BCUT2D eigenvalue weighted by molar-refractivity contribution is -0.0743. The summed E-state index contributed by atoms with van der Waals surface area (Å²) < 4.78 is 27.7. The minimum absolute atomic E-state index is 0.177. The van der Waals surface area contributed by atoms with Crippen LogP contribution in [0.3, 0.4) is 0 Å². The number of carbonyl (C=O) groups is 2. The molecule has 2 unspecified atom stereocenters. The van der Waals surface area contributed by atoms with Crippen LogP contribution in [0, 0.1) is 0 Å². The summed E-state index contributed by atoms with van der Waals surface area (Å²) in [4.78, 5) is 28.5. The summed E-state index contributed by atoms with van der Waals surface area (Å²) in [6.07, 6.45) is 0.107. The average Bonchev–Trinajstić information content (AvgIpc) is 3.13. The first kappa shape index (κ1) is 22.1. The van der Waals surface area contributed by atoms with Crippen LogP contribution >= 0.6 is 0 Å². The van der Waals surface area contributed by atoms with Crippen molar-refractivity contribution >= 4 is 23.2 Å². The molecule has 0 bridgehead atoms. The van der Waals surface area contributed by atoms with Crippen LogP contribution in [0.5, 0.6) is 5.75 Å². The van der Waals surface area contributed by atoms with Gasteiger partial charge in [0.2, 0.25) is 0 Å². The van der Waals surface area contributed by atoms with Crippen LogP contribution in [0.2, 0.25) is 0 Å². The maximum absolute atomic E-state index is 12.1. The Morgan fingerprint density at radius 1 is 1.19 bits per heavy atom. The molecule has 32 heavy (non-hydrogen) atoms. The first-order valence-electron chi connectivity index (χ1n) is 10.6. The van der Waals surface area contributed by atoms with E-state index in [2.05, 4.69) is 10.3 Å². The van der Waals surface area contributed by atoms with Crippen molar-refractivity contribution in [2.24, 2.45) is 0 Å². The van der Waals surface area contributed by atoms with Crippen LogP contribution in [0.4, 0.5) is 9.59 Å². The van der Waals surface area contributed by atoms with Gasteiger partial charge in [-0.3, -0.25) is 4.98 Å². The summed E-state index contributed by atoms with van der Waals surface area (Å²) in [5.74, 6) is 0.679. The Labute approximate surface area is 186 Å². The lowest BCUT2D eigenvalue weighted by Gasteiger charge is -2.33. The van der Waals surface area contributed by atoms with Crippen molar-refractivity contribution in [3.05, 3.63) is 36.0 Å². The minimum atomic E-state index is -0.731. The van der Waals surface area contributed by atoms with E-state index < -0.39 is 30.1 Å². The third-order valence-corrected chi connectivity index (χ3v) is 5.44. The fourth-order valence-electron chi connectivity index (χ4n) is 4.02. The number of nitrogens with zero attached hydrogens (tertiary/aromatic N) is 1. The highest BCUT2D eigenvalue weighted by atomic mass is 16.8. The first-order chi connectivity index (χ1) is 15.2. The number of aromatic nitrogens is 1. The average molecular weight is 444 g/mol. The molecular weight excluding hydrogens is 416 g/mol. The lowest BCUT2D eigenvalue weighted by atomic mass is 9.93. The number of rotatable bonds is 4. The molecule has 4 atom stereocenters. The fraction of sp³-hybridized carbons (Fsp3) is 0.522. The molecule has 0 saturated carbocycles. The summed E-state index contributed by atoms with van der Waals surface area (Å²) in [6.45, 7) is 5.72.